The molecule has 0 saturated carbocycles. The lowest BCUT2D eigenvalue weighted by Crippen LogP contribution is -2.52. The minimum Gasteiger partial charge on any atom is -0.343 e. The van der Waals surface area contributed by atoms with E-state index in [1.165, 1.54) is 15.3 Å². The lowest BCUT2D eigenvalue weighted by Gasteiger charge is -2.33. The number of halogens is 2. The Morgan fingerprint density at radius 3 is 2.38 bits per heavy atom. The second-order valence-electron chi connectivity index (χ2n) is 5.77. The number of benzene rings is 1. The van der Waals surface area contributed by atoms with E-state index in [1.54, 1.807) is 24.3 Å². The maximum atomic E-state index is 12.1. The molecular weight excluding hydrogens is 401 g/mol. The maximum absolute atomic E-state index is 12.1. The number of nitrogens with zero attached hydrogens (tertiary/aromatic N) is 2. The fraction of sp³-hybridized carbons (Fsp3) is 0.375. The van der Waals surface area contributed by atoms with E-state index in [1.807, 2.05) is 0 Å². The molecule has 1 aromatic rings. The zero-order valence-corrected chi connectivity index (χ0v) is 16.4. The van der Waals surface area contributed by atoms with Gasteiger partial charge in [-0.3, -0.25) is 9.59 Å². The first-order chi connectivity index (χ1) is 12.2. The molecule has 0 aliphatic carbocycles. The molecule has 142 valence electrons. The van der Waals surface area contributed by atoms with Gasteiger partial charge in [-0.2, -0.15) is 4.31 Å². The molecular formula is C16H19Cl2N3O4S. The van der Waals surface area contributed by atoms with Crippen molar-refractivity contribution in [3.63, 3.8) is 0 Å². The Balaban J connectivity index is 1.79. The summed E-state index contributed by atoms with van der Waals surface area (Å²) in [5, 5.41) is 3.32. The molecule has 1 saturated heterocycles. The van der Waals surface area contributed by atoms with E-state index in [9.17, 15) is 18.0 Å². The Labute approximate surface area is 162 Å². The highest BCUT2D eigenvalue weighted by molar-refractivity contribution is 7.88. The lowest BCUT2D eigenvalue weighted by atomic mass is 10.2. The van der Waals surface area contributed by atoms with Crippen LogP contribution >= 0.6 is 23.2 Å². The zero-order valence-electron chi connectivity index (χ0n) is 14.1. The summed E-state index contributed by atoms with van der Waals surface area (Å²) in [6.45, 7) is 0.983. The summed E-state index contributed by atoms with van der Waals surface area (Å²) >= 11 is 11.7. The van der Waals surface area contributed by atoms with E-state index in [4.69, 9.17) is 23.2 Å². The molecule has 26 heavy (non-hydrogen) atoms. The minimum atomic E-state index is -3.24. The van der Waals surface area contributed by atoms with E-state index < -0.39 is 15.9 Å². The normalized spacial score (nSPS) is 16.0. The van der Waals surface area contributed by atoms with Gasteiger partial charge in [0.15, 0.2) is 0 Å². The second-order valence-corrected chi connectivity index (χ2v) is 8.56. The van der Waals surface area contributed by atoms with Crippen molar-refractivity contribution in [3.05, 3.63) is 39.9 Å². The highest BCUT2D eigenvalue weighted by atomic mass is 35.5. The van der Waals surface area contributed by atoms with Gasteiger partial charge in [0, 0.05) is 32.3 Å². The fourth-order valence-electron chi connectivity index (χ4n) is 2.39. The summed E-state index contributed by atoms with van der Waals surface area (Å²) in [5.74, 6) is -0.673. The number of carbonyl (C=O) groups is 2. The molecule has 0 aromatic heterocycles. The van der Waals surface area contributed by atoms with Crippen LogP contribution in [0.2, 0.25) is 10.0 Å². The quantitative estimate of drug-likeness (QED) is 0.726. The molecule has 1 aliphatic rings. The molecule has 10 heteroatoms. The van der Waals surface area contributed by atoms with Gasteiger partial charge >= 0.3 is 0 Å². The molecule has 1 heterocycles. The number of hydrogen-bond donors (Lipinski definition) is 1. The molecule has 7 nitrogen and oxygen atoms in total. The SMILES string of the molecule is CS(=O)(=O)N1CCN(C(=O)CNC(=O)/C=C/c2ccc(Cl)c(Cl)c2)CC1. The van der Waals surface area contributed by atoms with Crippen LogP contribution in [0.3, 0.4) is 0 Å². The third-order valence-corrected chi connectivity index (χ3v) is 5.89. The maximum Gasteiger partial charge on any atom is 0.244 e. The largest absolute Gasteiger partial charge is 0.343 e. The fourth-order valence-corrected chi connectivity index (χ4v) is 3.52. The van der Waals surface area contributed by atoms with Crippen molar-refractivity contribution >= 4 is 51.1 Å². The van der Waals surface area contributed by atoms with Crippen LogP contribution in [-0.2, 0) is 19.6 Å². The van der Waals surface area contributed by atoms with Gasteiger partial charge in [0.2, 0.25) is 21.8 Å². The van der Waals surface area contributed by atoms with Crippen molar-refractivity contribution in [1.82, 2.24) is 14.5 Å². The van der Waals surface area contributed by atoms with Gasteiger partial charge in [0.25, 0.3) is 0 Å². The van der Waals surface area contributed by atoms with Crippen molar-refractivity contribution in [2.45, 2.75) is 0 Å². The molecule has 1 fully saturated rings. The Bertz CT molecular complexity index is 819. The zero-order chi connectivity index (χ0) is 19.3. The molecule has 0 unspecified atom stereocenters. The van der Waals surface area contributed by atoms with Crippen LogP contribution in [0.5, 0.6) is 0 Å². The van der Waals surface area contributed by atoms with Crippen LogP contribution in [0, 0.1) is 0 Å². The smallest absolute Gasteiger partial charge is 0.244 e. The van der Waals surface area contributed by atoms with Gasteiger partial charge in [0.05, 0.1) is 22.8 Å². The number of piperazine rings is 1. The minimum absolute atomic E-state index is 0.149. The average molecular weight is 420 g/mol. The molecule has 2 rings (SSSR count). The number of amides is 2. The number of nitrogens with one attached hydrogen (secondary N) is 1. The number of sulfonamides is 1. The predicted octanol–water partition coefficient (Wildman–Crippen LogP) is 1.23. The summed E-state index contributed by atoms with van der Waals surface area (Å²) in [4.78, 5) is 25.5. The van der Waals surface area contributed by atoms with Crippen molar-refractivity contribution in [2.24, 2.45) is 0 Å². The van der Waals surface area contributed by atoms with Crippen LogP contribution in [0.1, 0.15) is 5.56 Å². The van der Waals surface area contributed by atoms with E-state index in [2.05, 4.69) is 5.32 Å². The van der Waals surface area contributed by atoms with Crippen LogP contribution in [0.25, 0.3) is 6.08 Å². The predicted molar refractivity (Wildman–Crippen MR) is 102 cm³/mol. The summed E-state index contributed by atoms with van der Waals surface area (Å²) in [7, 11) is -3.24. The summed E-state index contributed by atoms with van der Waals surface area (Å²) in [6, 6.07) is 4.96. The monoisotopic (exact) mass is 419 g/mol. The molecule has 1 N–H and O–H groups in total. The second kappa shape index (κ2) is 8.85. The Morgan fingerprint density at radius 2 is 1.81 bits per heavy atom. The standard InChI is InChI=1S/C16H19Cl2N3O4S/c1-26(24,25)21-8-6-20(7-9-21)16(23)11-19-15(22)5-3-12-2-4-13(17)14(18)10-12/h2-5,10H,6-9,11H2,1H3,(H,19,22)/b5-3+. The molecule has 0 radical (unpaired) electrons. The molecule has 0 spiro atoms. The summed E-state index contributed by atoms with van der Waals surface area (Å²) < 4.78 is 24.2. The Kier molecular flexibility index (Phi) is 7.05. The van der Waals surface area contributed by atoms with Crippen LogP contribution in [0.15, 0.2) is 24.3 Å². The van der Waals surface area contributed by atoms with Gasteiger partial charge in [-0.1, -0.05) is 29.3 Å². The lowest BCUT2D eigenvalue weighted by molar-refractivity contribution is -0.133. The van der Waals surface area contributed by atoms with Gasteiger partial charge in [-0.05, 0) is 23.8 Å². The molecule has 1 aliphatic heterocycles. The number of carbonyl (C=O) groups excluding carboxylic acids is 2. The number of hydrogen-bond acceptors (Lipinski definition) is 4. The first-order valence-electron chi connectivity index (χ1n) is 7.80. The number of rotatable bonds is 5. The van der Waals surface area contributed by atoms with Gasteiger partial charge in [0.1, 0.15) is 0 Å². The molecule has 1 aromatic carbocycles. The van der Waals surface area contributed by atoms with E-state index >= 15 is 0 Å². The highest BCUT2D eigenvalue weighted by Gasteiger charge is 2.25. The van der Waals surface area contributed by atoms with E-state index in [-0.39, 0.29) is 25.5 Å². The first-order valence-corrected chi connectivity index (χ1v) is 10.4. The van der Waals surface area contributed by atoms with Crippen molar-refractivity contribution in [3.8, 4) is 0 Å². The Morgan fingerprint density at radius 1 is 1.15 bits per heavy atom. The summed E-state index contributed by atoms with van der Waals surface area (Å²) in [6.07, 6.45) is 4.01. The van der Waals surface area contributed by atoms with Gasteiger partial charge < -0.3 is 10.2 Å². The van der Waals surface area contributed by atoms with Crippen molar-refractivity contribution < 1.29 is 18.0 Å². The summed E-state index contributed by atoms with van der Waals surface area (Å²) in [5.41, 5.74) is 0.706. The molecule has 0 bridgehead atoms. The van der Waals surface area contributed by atoms with Crippen LogP contribution in [0.4, 0.5) is 0 Å². The third kappa shape index (κ3) is 5.98. The van der Waals surface area contributed by atoms with Gasteiger partial charge in [-0.25, -0.2) is 8.42 Å². The molecule has 2 amide bonds. The highest BCUT2D eigenvalue weighted by Crippen LogP contribution is 2.23. The Hall–Kier alpha value is -1.61. The van der Waals surface area contributed by atoms with Crippen molar-refractivity contribution in [2.75, 3.05) is 39.0 Å². The third-order valence-electron chi connectivity index (χ3n) is 3.85. The first kappa shape index (κ1) is 20.7. The van der Waals surface area contributed by atoms with E-state index in [0.717, 1.165) is 6.26 Å². The molecule has 0 atom stereocenters. The van der Waals surface area contributed by atoms with Crippen LogP contribution in [-0.4, -0.2) is 68.4 Å². The van der Waals surface area contributed by atoms with Crippen LogP contribution < -0.4 is 5.32 Å². The van der Waals surface area contributed by atoms with E-state index in [0.29, 0.717) is 28.7 Å². The van der Waals surface area contributed by atoms with Gasteiger partial charge in [-0.15, -0.1) is 0 Å². The van der Waals surface area contributed by atoms with Crippen molar-refractivity contribution in [1.29, 1.82) is 0 Å². The topological polar surface area (TPSA) is 86.8 Å². The average Bonchev–Trinajstić information content (AvgIpc) is 2.60.